The lowest BCUT2D eigenvalue weighted by Gasteiger charge is -2.12. The van der Waals surface area contributed by atoms with E-state index in [-0.39, 0.29) is 21.9 Å². The normalized spacial score (nSPS) is 10.8. The van der Waals surface area contributed by atoms with Crippen LogP contribution >= 0.6 is 11.3 Å². The minimum absolute atomic E-state index is 0.0353. The molecule has 6 heteroatoms. The number of ether oxygens (including phenoxy) is 2. The van der Waals surface area contributed by atoms with Gasteiger partial charge in [-0.15, -0.1) is 11.3 Å². The molecule has 0 bridgehead atoms. The summed E-state index contributed by atoms with van der Waals surface area (Å²) in [5.41, 5.74) is -0.482. The van der Waals surface area contributed by atoms with Crippen LogP contribution in [0.5, 0.6) is 11.5 Å². The zero-order valence-electron chi connectivity index (χ0n) is 17.2. The molecule has 0 spiro atoms. The Balaban J connectivity index is 1.72. The lowest BCUT2D eigenvalue weighted by atomic mass is 10.0. The maximum Gasteiger partial charge on any atom is 0.345 e. The Kier molecular flexibility index (Phi) is 5.42. The van der Waals surface area contributed by atoms with Gasteiger partial charge in [0, 0.05) is 14.8 Å². The fraction of sp³-hybridized carbons (Fsp3) is 0. The topological polar surface area (TPSA) is 69.7 Å². The average Bonchev–Trinajstić information content (AvgIpc) is 2.84. The van der Waals surface area contributed by atoms with Crippen molar-refractivity contribution in [3.63, 3.8) is 0 Å². The zero-order valence-corrected chi connectivity index (χ0v) is 18.0. The SMILES string of the molecule is O=C(Oc1ccccc1)c1ccc2sc3ccccc3c(=O)c2c1C(=O)Oc1ccccc1. The summed E-state index contributed by atoms with van der Waals surface area (Å²) in [4.78, 5) is 39.9. The summed E-state index contributed by atoms with van der Waals surface area (Å²) in [5, 5.41) is 0.611. The van der Waals surface area contributed by atoms with E-state index in [1.807, 2.05) is 12.1 Å². The molecule has 0 radical (unpaired) electrons. The van der Waals surface area contributed by atoms with Crippen molar-refractivity contribution in [2.75, 3.05) is 0 Å². The summed E-state index contributed by atoms with van der Waals surface area (Å²) in [5.74, 6) is -0.917. The molecule has 160 valence electrons. The minimum atomic E-state index is -0.800. The summed E-state index contributed by atoms with van der Waals surface area (Å²) in [6.07, 6.45) is 0. The predicted octanol–water partition coefficient (Wildman–Crippen LogP) is 5.85. The van der Waals surface area contributed by atoms with Gasteiger partial charge in [0.1, 0.15) is 11.5 Å². The Morgan fingerprint density at radius 2 is 1.18 bits per heavy atom. The van der Waals surface area contributed by atoms with Crippen molar-refractivity contribution in [1.29, 1.82) is 0 Å². The molecule has 33 heavy (non-hydrogen) atoms. The van der Waals surface area contributed by atoms with E-state index in [0.29, 0.717) is 21.6 Å². The van der Waals surface area contributed by atoms with Crippen LogP contribution in [0.25, 0.3) is 20.2 Å². The smallest absolute Gasteiger partial charge is 0.345 e. The van der Waals surface area contributed by atoms with Gasteiger partial charge in [-0.1, -0.05) is 48.5 Å². The molecule has 0 aliphatic rings. The number of fused-ring (bicyclic) bond motifs is 2. The van der Waals surface area contributed by atoms with E-state index in [2.05, 4.69) is 0 Å². The van der Waals surface area contributed by atoms with Crippen LogP contribution in [0.4, 0.5) is 0 Å². The molecule has 0 unspecified atom stereocenters. The number of esters is 2. The fourth-order valence-corrected chi connectivity index (χ4v) is 4.66. The highest BCUT2D eigenvalue weighted by molar-refractivity contribution is 7.24. The van der Waals surface area contributed by atoms with Crippen LogP contribution < -0.4 is 14.9 Å². The van der Waals surface area contributed by atoms with E-state index >= 15 is 0 Å². The van der Waals surface area contributed by atoms with Gasteiger partial charge >= 0.3 is 11.9 Å². The molecule has 0 fully saturated rings. The second-order valence-electron chi connectivity index (χ2n) is 7.19. The van der Waals surface area contributed by atoms with Crippen molar-refractivity contribution in [1.82, 2.24) is 0 Å². The van der Waals surface area contributed by atoms with Crippen molar-refractivity contribution in [2.45, 2.75) is 0 Å². The van der Waals surface area contributed by atoms with Gasteiger partial charge in [-0.2, -0.15) is 0 Å². The maximum atomic E-state index is 13.4. The Morgan fingerprint density at radius 3 is 1.85 bits per heavy atom. The van der Waals surface area contributed by atoms with Gasteiger partial charge in [-0.25, -0.2) is 9.59 Å². The van der Waals surface area contributed by atoms with E-state index in [1.165, 1.54) is 17.4 Å². The van der Waals surface area contributed by atoms with Crippen LogP contribution in [0.3, 0.4) is 0 Å². The highest BCUT2D eigenvalue weighted by atomic mass is 32.1. The van der Waals surface area contributed by atoms with Crippen molar-refractivity contribution >= 4 is 43.4 Å². The molecule has 0 aliphatic carbocycles. The monoisotopic (exact) mass is 452 g/mol. The number of carbonyl (C=O) groups is 2. The third kappa shape index (κ3) is 4.00. The highest BCUT2D eigenvalue weighted by Crippen LogP contribution is 2.30. The molecule has 5 rings (SSSR count). The lowest BCUT2D eigenvalue weighted by Crippen LogP contribution is -2.20. The molecule has 5 aromatic rings. The van der Waals surface area contributed by atoms with Crippen LogP contribution in [0, 0.1) is 0 Å². The highest BCUT2D eigenvalue weighted by Gasteiger charge is 2.26. The third-order valence-corrected chi connectivity index (χ3v) is 6.21. The first-order chi connectivity index (χ1) is 16.1. The van der Waals surface area contributed by atoms with Crippen molar-refractivity contribution in [3.05, 3.63) is 118 Å². The van der Waals surface area contributed by atoms with Gasteiger partial charge < -0.3 is 9.47 Å². The molecule has 5 nitrogen and oxygen atoms in total. The quantitative estimate of drug-likeness (QED) is 0.194. The summed E-state index contributed by atoms with van der Waals surface area (Å²) in [6, 6.07) is 27.4. The molecule has 0 saturated heterocycles. The predicted molar refractivity (Wildman–Crippen MR) is 128 cm³/mol. The molecule has 0 amide bonds. The molecular formula is C27H16O5S. The Bertz CT molecular complexity index is 1560. The second kappa shape index (κ2) is 8.68. The van der Waals surface area contributed by atoms with E-state index < -0.39 is 11.9 Å². The molecular weight excluding hydrogens is 436 g/mol. The molecule has 1 aromatic heterocycles. The number of rotatable bonds is 4. The molecule has 0 N–H and O–H groups in total. The lowest BCUT2D eigenvalue weighted by molar-refractivity contribution is 0.0693. The first kappa shape index (κ1) is 20.6. The fourth-order valence-electron chi connectivity index (χ4n) is 3.57. The maximum absolute atomic E-state index is 13.4. The van der Waals surface area contributed by atoms with Crippen LogP contribution in [-0.2, 0) is 0 Å². The number of carbonyl (C=O) groups excluding carboxylic acids is 2. The van der Waals surface area contributed by atoms with Crippen molar-refractivity contribution in [2.24, 2.45) is 0 Å². The van der Waals surface area contributed by atoms with Gasteiger partial charge in [0.2, 0.25) is 0 Å². The number of hydrogen-bond acceptors (Lipinski definition) is 6. The van der Waals surface area contributed by atoms with Crippen molar-refractivity contribution in [3.8, 4) is 11.5 Å². The summed E-state index contributed by atoms with van der Waals surface area (Å²) in [6.45, 7) is 0. The van der Waals surface area contributed by atoms with E-state index in [0.717, 1.165) is 4.70 Å². The van der Waals surface area contributed by atoms with Gasteiger partial charge in [0.05, 0.1) is 16.5 Å². The molecule has 4 aromatic carbocycles. The summed E-state index contributed by atoms with van der Waals surface area (Å²) < 4.78 is 12.4. The Labute approximate surface area is 192 Å². The molecule has 0 saturated carbocycles. The summed E-state index contributed by atoms with van der Waals surface area (Å²) in [7, 11) is 0. The summed E-state index contributed by atoms with van der Waals surface area (Å²) >= 11 is 1.37. The van der Waals surface area contributed by atoms with Gasteiger partial charge in [-0.3, -0.25) is 4.79 Å². The first-order valence-electron chi connectivity index (χ1n) is 10.1. The van der Waals surface area contributed by atoms with E-state index in [9.17, 15) is 14.4 Å². The van der Waals surface area contributed by atoms with Crippen LogP contribution in [0.1, 0.15) is 20.7 Å². The van der Waals surface area contributed by atoms with Crippen LogP contribution in [-0.4, -0.2) is 11.9 Å². The Hall–Kier alpha value is -4.29. The van der Waals surface area contributed by atoms with Gasteiger partial charge in [-0.05, 0) is 48.5 Å². The van der Waals surface area contributed by atoms with Crippen molar-refractivity contribution < 1.29 is 19.1 Å². The average molecular weight is 452 g/mol. The number of hydrogen-bond donors (Lipinski definition) is 0. The number of para-hydroxylation sites is 2. The van der Waals surface area contributed by atoms with Gasteiger partial charge in [0.15, 0.2) is 5.43 Å². The minimum Gasteiger partial charge on any atom is -0.423 e. The molecule has 0 atom stereocenters. The number of benzene rings is 4. The van der Waals surface area contributed by atoms with E-state index in [4.69, 9.17) is 9.47 Å². The largest absolute Gasteiger partial charge is 0.423 e. The van der Waals surface area contributed by atoms with Crippen LogP contribution in [0.15, 0.2) is 102 Å². The zero-order chi connectivity index (χ0) is 22.8. The molecule has 0 aliphatic heterocycles. The van der Waals surface area contributed by atoms with Gasteiger partial charge in [0.25, 0.3) is 0 Å². The molecule has 1 heterocycles. The first-order valence-corrected chi connectivity index (χ1v) is 11.0. The third-order valence-electron chi connectivity index (χ3n) is 5.08. The second-order valence-corrected chi connectivity index (χ2v) is 8.28. The Morgan fingerprint density at radius 1 is 0.606 bits per heavy atom. The van der Waals surface area contributed by atoms with Crippen LogP contribution in [0.2, 0.25) is 0 Å². The standard InChI is InChI=1S/C27H16O5S/c28-25-19-13-7-8-14-21(19)33-22-16-15-20(26(29)31-17-9-3-1-4-10-17)23(24(22)25)27(30)32-18-11-5-2-6-12-18/h1-16H. The van der Waals surface area contributed by atoms with E-state index in [1.54, 1.807) is 78.9 Å².